The van der Waals surface area contributed by atoms with Crippen molar-refractivity contribution in [3.05, 3.63) is 22.5 Å². The largest absolute Gasteiger partial charge is 0.391 e. The molecule has 2 aliphatic rings. The fourth-order valence-electron chi connectivity index (χ4n) is 3.53. The Morgan fingerprint density at radius 1 is 1.45 bits per heavy atom. The number of nitro groups is 1. The molecule has 1 amide bonds. The molecule has 120 valence electrons. The number of amides is 1. The molecule has 1 aliphatic heterocycles. The molecule has 3 rings (SSSR count). The number of aliphatic hydroxyl groups is 1. The van der Waals surface area contributed by atoms with Gasteiger partial charge in [-0.2, -0.15) is 5.10 Å². The highest BCUT2D eigenvalue weighted by molar-refractivity contribution is 5.76. The summed E-state index contributed by atoms with van der Waals surface area (Å²) in [5.41, 5.74) is -0.0732. The van der Waals surface area contributed by atoms with Crippen LogP contribution < -0.4 is 0 Å². The molecule has 2 bridgehead atoms. The van der Waals surface area contributed by atoms with Gasteiger partial charge in [0.1, 0.15) is 12.4 Å². The van der Waals surface area contributed by atoms with Gasteiger partial charge in [-0.25, -0.2) is 0 Å². The molecule has 0 aromatic carbocycles. The lowest BCUT2D eigenvalue weighted by atomic mass is 9.78. The second-order valence-corrected chi connectivity index (χ2v) is 6.16. The zero-order valence-electron chi connectivity index (χ0n) is 12.3. The summed E-state index contributed by atoms with van der Waals surface area (Å²) in [6.07, 6.45) is 6.04. The van der Waals surface area contributed by atoms with Gasteiger partial charge < -0.3 is 10.0 Å². The highest BCUT2D eigenvalue weighted by atomic mass is 16.6. The first-order chi connectivity index (χ1) is 10.5. The van der Waals surface area contributed by atoms with Gasteiger partial charge in [0, 0.05) is 19.5 Å². The fraction of sp³-hybridized carbons (Fsp3) is 0.714. The number of aromatic nitrogens is 2. The maximum atomic E-state index is 12.4. The summed E-state index contributed by atoms with van der Waals surface area (Å²) in [5, 5.41) is 24.6. The Bertz CT molecular complexity index is 573. The van der Waals surface area contributed by atoms with Crippen LogP contribution in [0.3, 0.4) is 0 Å². The van der Waals surface area contributed by atoms with Crippen LogP contribution in [0, 0.1) is 16.0 Å². The van der Waals surface area contributed by atoms with Gasteiger partial charge in [0.25, 0.3) is 0 Å². The summed E-state index contributed by atoms with van der Waals surface area (Å²) in [5.74, 6) is 0.619. The lowest BCUT2D eigenvalue weighted by Gasteiger charge is -2.45. The maximum absolute atomic E-state index is 12.4. The topological polar surface area (TPSA) is 102 Å². The number of aliphatic hydroxyl groups excluding tert-OH is 1. The van der Waals surface area contributed by atoms with Gasteiger partial charge in [0.2, 0.25) is 5.91 Å². The van der Waals surface area contributed by atoms with E-state index in [1.165, 1.54) is 17.1 Å². The summed E-state index contributed by atoms with van der Waals surface area (Å²) in [7, 11) is 0. The molecule has 0 radical (unpaired) electrons. The molecule has 2 fully saturated rings. The molecule has 8 nitrogen and oxygen atoms in total. The monoisotopic (exact) mass is 308 g/mol. The van der Waals surface area contributed by atoms with E-state index in [9.17, 15) is 20.0 Å². The van der Waals surface area contributed by atoms with E-state index in [-0.39, 0.29) is 24.1 Å². The van der Waals surface area contributed by atoms with E-state index < -0.39 is 11.0 Å². The molecule has 3 unspecified atom stereocenters. The van der Waals surface area contributed by atoms with Crippen LogP contribution in [0.4, 0.5) is 5.69 Å². The SMILES string of the molecule is O=C(CCn1cc([N+](=O)[O-])cn1)N1CCC2CCC(O)C1C2. The third kappa shape index (κ3) is 2.96. The lowest BCUT2D eigenvalue weighted by Crippen LogP contribution is -2.54. The Hall–Kier alpha value is -1.96. The molecular weight excluding hydrogens is 288 g/mol. The highest BCUT2D eigenvalue weighted by Gasteiger charge is 2.39. The Balaban J connectivity index is 1.58. The molecule has 0 spiro atoms. The minimum absolute atomic E-state index is 0.0115. The zero-order valence-corrected chi connectivity index (χ0v) is 12.3. The van der Waals surface area contributed by atoms with E-state index in [1.807, 2.05) is 0 Å². The van der Waals surface area contributed by atoms with Crippen molar-refractivity contribution in [2.45, 2.75) is 50.8 Å². The van der Waals surface area contributed by atoms with E-state index >= 15 is 0 Å². The van der Waals surface area contributed by atoms with Gasteiger partial charge >= 0.3 is 5.69 Å². The van der Waals surface area contributed by atoms with Crippen LogP contribution in [0.2, 0.25) is 0 Å². The average molecular weight is 308 g/mol. The van der Waals surface area contributed by atoms with Crippen LogP contribution in [0.1, 0.15) is 32.1 Å². The van der Waals surface area contributed by atoms with E-state index in [0.717, 1.165) is 25.7 Å². The molecule has 22 heavy (non-hydrogen) atoms. The molecule has 3 atom stereocenters. The first-order valence-electron chi connectivity index (χ1n) is 7.69. The van der Waals surface area contributed by atoms with Crippen molar-refractivity contribution in [2.75, 3.05) is 6.54 Å². The van der Waals surface area contributed by atoms with Gasteiger partial charge in [0.05, 0.1) is 17.1 Å². The summed E-state index contributed by atoms with van der Waals surface area (Å²) < 4.78 is 1.42. The number of hydrogen-bond donors (Lipinski definition) is 1. The predicted molar refractivity (Wildman–Crippen MR) is 77.0 cm³/mol. The number of hydrogen-bond acceptors (Lipinski definition) is 5. The molecule has 8 heteroatoms. The van der Waals surface area contributed by atoms with Crippen LogP contribution in [-0.4, -0.2) is 49.3 Å². The Morgan fingerprint density at radius 3 is 3.00 bits per heavy atom. The number of nitrogens with zero attached hydrogens (tertiary/aromatic N) is 4. The summed E-state index contributed by atoms with van der Waals surface area (Å²) in [6, 6.07) is -0.0630. The minimum Gasteiger partial charge on any atom is -0.391 e. The van der Waals surface area contributed by atoms with Crippen molar-refractivity contribution in [3.8, 4) is 0 Å². The number of piperidine rings is 1. The Morgan fingerprint density at radius 2 is 2.27 bits per heavy atom. The zero-order chi connectivity index (χ0) is 15.7. The first kappa shape index (κ1) is 15.0. The standard InChI is InChI=1S/C14H20N4O4/c19-13-2-1-10-3-6-17(12(13)7-10)14(20)4-5-16-9-11(8-15-16)18(21)22/h8-10,12-13,19H,1-7H2. The molecule has 1 aliphatic carbocycles. The summed E-state index contributed by atoms with van der Waals surface area (Å²) in [6.45, 7) is 1.01. The van der Waals surface area contributed by atoms with Crippen molar-refractivity contribution >= 4 is 11.6 Å². The predicted octanol–water partition coefficient (Wildman–Crippen LogP) is 0.943. The second-order valence-electron chi connectivity index (χ2n) is 6.16. The van der Waals surface area contributed by atoms with Crippen molar-refractivity contribution < 1.29 is 14.8 Å². The maximum Gasteiger partial charge on any atom is 0.306 e. The van der Waals surface area contributed by atoms with E-state index in [0.29, 0.717) is 19.0 Å². The molecule has 1 saturated heterocycles. The molecular formula is C14H20N4O4. The van der Waals surface area contributed by atoms with Gasteiger partial charge in [-0.1, -0.05) is 0 Å². The van der Waals surface area contributed by atoms with Gasteiger partial charge in [-0.15, -0.1) is 0 Å². The van der Waals surface area contributed by atoms with Crippen LogP contribution in [0.25, 0.3) is 0 Å². The van der Waals surface area contributed by atoms with Crippen molar-refractivity contribution in [1.29, 1.82) is 0 Å². The third-order valence-electron chi connectivity index (χ3n) is 4.77. The van der Waals surface area contributed by atoms with Gasteiger partial charge in [-0.3, -0.25) is 19.6 Å². The number of fused-ring (bicyclic) bond motifs is 2. The molecule has 1 aromatic heterocycles. The fourth-order valence-corrected chi connectivity index (χ4v) is 3.53. The van der Waals surface area contributed by atoms with Crippen LogP contribution in [0.5, 0.6) is 0 Å². The highest BCUT2D eigenvalue weighted by Crippen LogP contribution is 2.35. The lowest BCUT2D eigenvalue weighted by molar-refractivity contribution is -0.385. The third-order valence-corrected chi connectivity index (χ3v) is 4.77. The molecule has 2 heterocycles. The van der Waals surface area contributed by atoms with Crippen molar-refractivity contribution in [2.24, 2.45) is 5.92 Å². The number of carbonyl (C=O) groups is 1. The summed E-state index contributed by atoms with van der Waals surface area (Å²) in [4.78, 5) is 24.3. The Kier molecular flexibility index (Phi) is 4.10. The van der Waals surface area contributed by atoms with Crippen LogP contribution >= 0.6 is 0 Å². The normalized spacial score (nSPS) is 27.7. The quantitative estimate of drug-likeness (QED) is 0.659. The molecule has 1 N–H and O–H groups in total. The first-order valence-corrected chi connectivity index (χ1v) is 7.69. The molecule has 1 saturated carbocycles. The van der Waals surface area contributed by atoms with E-state index in [2.05, 4.69) is 5.10 Å². The van der Waals surface area contributed by atoms with E-state index in [4.69, 9.17) is 0 Å². The van der Waals surface area contributed by atoms with Crippen molar-refractivity contribution in [1.82, 2.24) is 14.7 Å². The number of likely N-dealkylation sites (tertiary alicyclic amines) is 1. The van der Waals surface area contributed by atoms with E-state index in [1.54, 1.807) is 4.90 Å². The number of aryl methyl sites for hydroxylation is 1. The van der Waals surface area contributed by atoms with Crippen LogP contribution in [0.15, 0.2) is 12.4 Å². The average Bonchev–Trinajstić information content (AvgIpc) is 2.98. The second kappa shape index (κ2) is 6.04. The number of carbonyl (C=O) groups excluding carboxylic acids is 1. The van der Waals surface area contributed by atoms with Gasteiger partial charge in [0.15, 0.2) is 0 Å². The van der Waals surface area contributed by atoms with Crippen LogP contribution in [-0.2, 0) is 11.3 Å². The minimum atomic E-state index is -0.505. The smallest absolute Gasteiger partial charge is 0.306 e. The molecule has 1 aromatic rings. The summed E-state index contributed by atoms with van der Waals surface area (Å²) >= 11 is 0. The van der Waals surface area contributed by atoms with Gasteiger partial charge in [-0.05, 0) is 31.6 Å². The number of rotatable bonds is 4. The Labute approximate surface area is 127 Å². The van der Waals surface area contributed by atoms with Crippen molar-refractivity contribution in [3.63, 3.8) is 0 Å².